The number of ether oxygens (including phenoxy) is 2. The van der Waals surface area contributed by atoms with Gasteiger partial charge < -0.3 is 19.5 Å². The average Bonchev–Trinajstić information content (AvgIpc) is 2.68. The quantitative estimate of drug-likeness (QED) is 0.806. The van der Waals surface area contributed by atoms with Crippen molar-refractivity contribution >= 4 is 5.95 Å². The number of phenols is 1. The summed E-state index contributed by atoms with van der Waals surface area (Å²) in [6.07, 6.45) is 0.866. The molecule has 0 radical (unpaired) electrons. The Hall–Kier alpha value is -2.58. The van der Waals surface area contributed by atoms with Crippen molar-refractivity contribution < 1.29 is 14.6 Å². The van der Waals surface area contributed by atoms with Crippen molar-refractivity contribution in [3.63, 3.8) is 0 Å². The molecule has 0 aliphatic carbocycles. The van der Waals surface area contributed by atoms with E-state index in [0.717, 1.165) is 23.4 Å². The summed E-state index contributed by atoms with van der Waals surface area (Å²) in [5, 5.41) is 9.79. The molecule has 156 valence electrons. The molecule has 8 nitrogen and oxygen atoms in total. The lowest BCUT2D eigenvalue weighted by Crippen LogP contribution is -2.47. The summed E-state index contributed by atoms with van der Waals surface area (Å²) >= 11 is 0. The predicted molar refractivity (Wildman–Crippen MR) is 110 cm³/mol. The van der Waals surface area contributed by atoms with Crippen LogP contribution in [0.4, 0.5) is 5.95 Å². The highest BCUT2D eigenvalue weighted by Gasteiger charge is 2.27. The minimum atomic E-state index is -0.0391. The summed E-state index contributed by atoms with van der Waals surface area (Å²) in [6.45, 7) is 7.59. The molecule has 2 aliphatic rings. The van der Waals surface area contributed by atoms with Gasteiger partial charge in [0.05, 0.1) is 25.0 Å². The van der Waals surface area contributed by atoms with Gasteiger partial charge in [-0.2, -0.15) is 0 Å². The van der Waals surface area contributed by atoms with E-state index in [1.165, 1.54) is 0 Å². The second-order valence-electron chi connectivity index (χ2n) is 7.94. The molecule has 0 unspecified atom stereocenters. The van der Waals surface area contributed by atoms with Crippen molar-refractivity contribution in [1.82, 2.24) is 14.9 Å². The number of hydrogen-bond acceptors (Lipinski definition) is 7. The molecule has 1 aromatic heterocycles. The van der Waals surface area contributed by atoms with E-state index < -0.39 is 0 Å². The highest BCUT2D eigenvalue weighted by atomic mass is 16.5. The van der Waals surface area contributed by atoms with Crippen LogP contribution in [-0.4, -0.2) is 58.9 Å². The van der Waals surface area contributed by atoms with Gasteiger partial charge in [0.25, 0.3) is 5.56 Å². The molecule has 0 amide bonds. The van der Waals surface area contributed by atoms with Crippen LogP contribution < -0.4 is 15.2 Å². The van der Waals surface area contributed by atoms with Crippen LogP contribution >= 0.6 is 0 Å². The number of benzene rings is 1. The van der Waals surface area contributed by atoms with Gasteiger partial charge in [0, 0.05) is 38.3 Å². The molecule has 2 N–H and O–H groups in total. The predicted octanol–water partition coefficient (Wildman–Crippen LogP) is 1.66. The van der Waals surface area contributed by atoms with Crippen LogP contribution in [0.25, 0.3) is 0 Å². The van der Waals surface area contributed by atoms with E-state index in [-0.39, 0.29) is 23.5 Å². The number of anilines is 1. The monoisotopic (exact) mass is 400 g/mol. The number of fused-ring (bicyclic) bond motifs is 1. The Bertz CT molecular complexity index is 935. The summed E-state index contributed by atoms with van der Waals surface area (Å²) in [4.78, 5) is 24.8. The number of morpholine rings is 1. The van der Waals surface area contributed by atoms with Crippen LogP contribution in [0.15, 0.2) is 23.0 Å². The van der Waals surface area contributed by atoms with Gasteiger partial charge in [-0.1, -0.05) is 6.07 Å². The lowest BCUT2D eigenvalue weighted by atomic mass is 10.1. The zero-order valence-electron chi connectivity index (χ0n) is 17.1. The Morgan fingerprint density at radius 2 is 2.07 bits per heavy atom. The van der Waals surface area contributed by atoms with E-state index in [4.69, 9.17) is 14.5 Å². The average molecular weight is 400 g/mol. The second-order valence-corrected chi connectivity index (χ2v) is 7.94. The highest BCUT2D eigenvalue weighted by Crippen LogP contribution is 2.28. The lowest BCUT2D eigenvalue weighted by molar-refractivity contribution is -0.00576. The van der Waals surface area contributed by atoms with Crippen molar-refractivity contribution in [3.8, 4) is 11.5 Å². The maximum absolute atomic E-state index is 12.7. The topological polar surface area (TPSA) is 90.9 Å². The van der Waals surface area contributed by atoms with Gasteiger partial charge >= 0.3 is 0 Å². The number of nitrogens with one attached hydrogen (secondary N) is 1. The van der Waals surface area contributed by atoms with Crippen molar-refractivity contribution in [2.75, 3.05) is 31.6 Å². The Morgan fingerprint density at radius 3 is 2.79 bits per heavy atom. The fourth-order valence-electron chi connectivity index (χ4n) is 4.19. The van der Waals surface area contributed by atoms with Gasteiger partial charge in [-0.05, 0) is 38.0 Å². The molecule has 0 saturated carbocycles. The van der Waals surface area contributed by atoms with Crippen LogP contribution in [0, 0.1) is 0 Å². The van der Waals surface area contributed by atoms with Crippen LogP contribution in [0.5, 0.6) is 11.5 Å². The third kappa shape index (κ3) is 4.23. The lowest BCUT2D eigenvalue weighted by Gasteiger charge is -2.36. The van der Waals surface area contributed by atoms with E-state index in [9.17, 15) is 9.90 Å². The maximum atomic E-state index is 12.7. The second kappa shape index (κ2) is 8.04. The van der Waals surface area contributed by atoms with Gasteiger partial charge in [0.2, 0.25) is 5.95 Å². The number of methoxy groups -OCH3 is 1. The number of aromatic hydroxyl groups is 1. The SMILES string of the molecule is COc1cc(CN2CCc3c(nc(N4C[C@@H](C)O[C@@H](C)C4)[nH]c3=O)C2)ccc1O. The number of phenolic OH excluding ortho intramolecular Hbond substituents is 1. The summed E-state index contributed by atoms with van der Waals surface area (Å²) < 4.78 is 11.0. The van der Waals surface area contributed by atoms with Crippen LogP contribution in [0.1, 0.15) is 30.7 Å². The van der Waals surface area contributed by atoms with Crippen molar-refractivity contribution in [3.05, 3.63) is 45.4 Å². The molecular weight excluding hydrogens is 372 g/mol. The van der Waals surface area contributed by atoms with Crippen LogP contribution in [0.3, 0.4) is 0 Å². The molecule has 1 aromatic carbocycles. The highest BCUT2D eigenvalue weighted by molar-refractivity contribution is 5.42. The van der Waals surface area contributed by atoms with Crippen molar-refractivity contribution in [2.24, 2.45) is 0 Å². The Kier molecular flexibility index (Phi) is 5.47. The fourth-order valence-corrected chi connectivity index (χ4v) is 4.19. The van der Waals surface area contributed by atoms with Crippen molar-refractivity contribution in [1.29, 1.82) is 0 Å². The number of rotatable bonds is 4. The van der Waals surface area contributed by atoms with Crippen molar-refractivity contribution in [2.45, 2.75) is 45.6 Å². The first-order valence-corrected chi connectivity index (χ1v) is 10.0. The summed E-state index contributed by atoms with van der Waals surface area (Å²) in [7, 11) is 1.54. The molecule has 4 rings (SSSR count). The molecule has 29 heavy (non-hydrogen) atoms. The Labute approximate surface area is 170 Å². The number of H-pyrrole nitrogens is 1. The van der Waals surface area contributed by atoms with Crippen LogP contribution in [-0.2, 0) is 24.2 Å². The summed E-state index contributed by atoms with van der Waals surface area (Å²) in [5.74, 6) is 1.23. The molecule has 2 atom stereocenters. The number of aromatic amines is 1. The van der Waals surface area contributed by atoms with E-state index in [1.54, 1.807) is 13.2 Å². The normalized spacial score (nSPS) is 22.4. The largest absolute Gasteiger partial charge is 0.504 e. The van der Waals surface area contributed by atoms with E-state index >= 15 is 0 Å². The summed E-state index contributed by atoms with van der Waals surface area (Å²) in [5.41, 5.74) is 2.63. The number of nitrogens with zero attached hydrogens (tertiary/aromatic N) is 3. The smallest absolute Gasteiger partial charge is 0.255 e. The molecule has 1 fully saturated rings. The molecule has 1 saturated heterocycles. The van der Waals surface area contributed by atoms with Gasteiger partial charge in [0.1, 0.15) is 0 Å². The first-order valence-electron chi connectivity index (χ1n) is 10.0. The standard InChI is InChI=1S/C21H28N4O4/c1-13-9-25(10-14(2)29-13)21-22-17-12-24(7-6-16(17)20(27)23-21)11-15-4-5-18(26)19(8-15)28-3/h4-5,8,13-14,26H,6-7,9-12H2,1-3H3,(H,22,23,27)/t13-,14+. The molecule has 8 heteroatoms. The Balaban J connectivity index is 1.54. The number of aromatic nitrogens is 2. The van der Waals surface area contributed by atoms with Gasteiger partial charge in [-0.25, -0.2) is 4.98 Å². The third-order valence-electron chi connectivity index (χ3n) is 5.51. The molecule has 0 bridgehead atoms. The molecule has 2 aliphatic heterocycles. The zero-order chi connectivity index (χ0) is 20.5. The first-order chi connectivity index (χ1) is 13.9. The summed E-state index contributed by atoms with van der Waals surface area (Å²) in [6, 6.07) is 5.38. The van der Waals surface area contributed by atoms with E-state index in [0.29, 0.717) is 44.3 Å². The molecule has 2 aromatic rings. The fraction of sp³-hybridized carbons (Fsp3) is 0.524. The minimum Gasteiger partial charge on any atom is -0.504 e. The Morgan fingerprint density at radius 1 is 1.31 bits per heavy atom. The minimum absolute atomic E-state index is 0.0391. The van der Waals surface area contributed by atoms with E-state index in [2.05, 4.69) is 14.8 Å². The molecule has 0 spiro atoms. The number of hydrogen-bond donors (Lipinski definition) is 2. The van der Waals surface area contributed by atoms with Gasteiger partial charge in [-0.3, -0.25) is 14.7 Å². The zero-order valence-corrected chi connectivity index (χ0v) is 17.1. The van der Waals surface area contributed by atoms with E-state index in [1.807, 2.05) is 26.0 Å². The first kappa shape index (κ1) is 19.7. The molecule has 3 heterocycles. The van der Waals surface area contributed by atoms with Gasteiger partial charge in [0.15, 0.2) is 11.5 Å². The molecular formula is C21H28N4O4. The van der Waals surface area contributed by atoms with Gasteiger partial charge in [-0.15, -0.1) is 0 Å². The maximum Gasteiger partial charge on any atom is 0.255 e. The third-order valence-corrected chi connectivity index (χ3v) is 5.51. The van der Waals surface area contributed by atoms with Crippen LogP contribution in [0.2, 0.25) is 0 Å².